The molecule has 3 rings (SSSR count). The van der Waals surface area contributed by atoms with Gasteiger partial charge >= 0.3 is 0 Å². The minimum atomic E-state index is -0.0909. The molecule has 1 fully saturated rings. The third-order valence-corrected chi connectivity index (χ3v) is 5.55. The van der Waals surface area contributed by atoms with E-state index in [9.17, 15) is 4.79 Å². The van der Waals surface area contributed by atoms with E-state index in [4.69, 9.17) is 27.9 Å². The van der Waals surface area contributed by atoms with E-state index in [1.165, 1.54) is 25.2 Å². The lowest BCUT2D eigenvalue weighted by Crippen LogP contribution is -2.33. The third-order valence-electron chi connectivity index (χ3n) is 4.83. The summed E-state index contributed by atoms with van der Waals surface area (Å²) in [6, 6.07) is 12.8. The SMILES string of the molecule is C=CC=C(Cl)C(Cl)=COc1cccc(-c2cccc(C(=O)NCCN3CCCC3)c2)n1. The van der Waals surface area contributed by atoms with Crippen LogP contribution in [-0.2, 0) is 0 Å². The maximum absolute atomic E-state index is 12.5. The van der Waals surface area contributed by atoms with Gasteiger partial charge in [0.25, 0.3) is 5.91 Å². The number of hydrogen-bond donors (Lipinski definition) is 1. The number of rotatable bonds is 9. The molecule has 7 heteroatoms. The average Bonchev–Trinajstić information content (AvgIpc) is 3.31. The van der Waals surface area contributed by atoms with Gasteiger partial charge in [0.1, 0.15) is 6.26 Å². The Kier molecular flexibility index (Phi) is 8.71. The summed E-state index contributed by atoms with van der Waals surface area (Å²) >= 11 is 12.1. The highest BCUT2D eigenvalue weighted by molar-refractivity contribution is 6.43. The molecule has 1 N–H and O–H groups in total. The maximum Gasteiger partial charge on any atom is 0.251 e. The number of halogens is 2. The van der Waals surface area contributed by atoms with Crippen molar-refractivity contribution in [3.05, 3.63) is 83.1 Å². The summed E-state index contributed by atoms with van der Waals surface area (Å²) in [5, 5.41) is 3.55. The molecule has 2 aromatic rings. The van der Waals surface area contributed by atoms with E-state index in [1.54, 1.807) is 18.2 Å². The number of nitrogens with one attached hydrogen (secondary N) is 1. The second-order valence-electron chi connectivity index (χ2n) is 7.08. The number of benzene rings is 1. The Morgan fingerprint density at radius 1 is 1.16 bits per heavy atom. The van der Waals surface area contributed by atoms with Crippen molar-refractivity contribution >= 4 is 29.1 Å². The monoisotopic (exact) mass is 457 g/mol. The van der Waals surface area contributed by atoms with Gasteiger partial charge in [-0.15, -0.1) is 0 Å². The first-order valence-electron chi connectivity index (χ1n) is 10.2. The van der Waals surface area contributed by atoms with E-state index in [2.05, 4.69) is 21.8 Å². The zero-order valence-corrected chi connectivity index (χ0v) is 18.7. The van der Waals surface area contributed by atoms with Crippen LogP contribution in [0.5, 0.6) is 5.88 Å². The topological polar surface area (TPSA) is 54.5 Å². The number of likely N-dealkylation sites (tertiary alicyclic amines) is 1. The molecular weight excluding hydrogens is 433 g/mol. The molecule has 0 spiro atoms. The number of amides is 1. The highest BCUT2D eigenvalue weighted by atomic mass is 35.5. The fourth-order valence-corrected chi connectivity index (χ4v) is 3.49. The summed E-state index contributed by atoms with van der Waals surface area (Å²) in [5.41, 5.74) is 2.09. The van der Waals surface area contributed by atoms with Crippen LogP contribution in [0.25, 0.3) is 11.3 Å². The van der Waals surface area contributed by atoms with Gasteiger partial charge in [-0.3, -0.25) is 4.79 Å². The van der Waals surface area contributed by atoms with E-state index in [1.807, 2.05) is 30.3 Å². The molecule has 1 aromatic heterocycles. The van der Waals surface area contributed by atoms with Gasteiger partial charge in [0, 0.05) is 30.3 Å². The number of nitrogens with zero attached hydrogens (tertiary/aromatic N) is 2. The lowest BCUT2D eigenvalue weighted by molar-refractivity contribution is 0.0950. The Morgan fingerprint density at radius 2 is 1.94 bits per heavy atom. The van der Waals surface area contributed by atoms with Crippen LogP contribution < -0.4 is 10.1 Å². The molecule has 0 atom stereocenters. The van der Waals surface area contributed by atoms with Crippen LogP contribution in [0.3, 0.4) is 0 Å². The number of aromatic nitrogens is 1. The van der Waals surface area contributed by atoms with Crippen molar-refractivity contribution in [2.45, 2.75) is 12.8 Å². The number of allylic oxidation sites excluding steroid dienone is 4. The summed E-state index contributed by atoms with van der Waals surface area (Å²) in [6.07, 6.45) is 6.90. The summed E-state index contributed by atoms with van der Waals surface area (Å²) in [6.45, 7) is 7.33. The van der Waals surface area contributed by atoms with E-state index >= 15 is 0 Å². The fourth-order valence-electron chi connectivity index (χ4n) is 3.25. The summed E-state index contributed by atoms with van der Waals surface area (Å²) in [4.78, 5) is 19.4. The summed E-state index contributed by atoms with van der Waals surface area (Å²) in [7, 11) is 0. The molecule has 2 heterocycles. The molecule has 5 nitrogen and oxygen atoms in total. The number of pyridine rings is 1. The Labute approximate surface area is 193 Å². The second kappa shape index (κ2) is 11.7. The minimum absolute atomic E-state index is 0.0909. The molecule has 1 aliphatic heterocycles. The lowest BCUT2D eigenvalue weighted by atomic mass is 10.1. The van der Waals surface area contributed by atoms with Gasteiger partial charge in [0.15, 0.2) is 0 Å². The Balaban J connectivity index is 1.65. The zero-order valence-electron chi connectivity index (χ0n) is 17.2. The number of carbonyl (C=O) groups excluding carboxylic acids is 1. The molecule has 162 valence electrons. The van der Waals surface area contributed by atoms with Crippen LogP contribution in [0.2, 0.25) is 0 Å². The minimum Gasteiger partial charge on any atom is -0.445 e. The van der Waals surface area contributed by atoms with Crippen LogP contribution >= 0.6 is 23.2 Å². The van der Waals surface area contributed by atoms with E-state index in [0.29, 0.717) is 28.7 Å². The second-order valence-corrected chi connectivity index (χ2v) is 7.89. The van der Waals surface area contributed by atoms with Crippen molar-refractivity contribution in [1.29, 1.82) is 0 Å². The molecule has 31 heavy (non-hydrogen) atoms. The van der Waals surface area contributed by atoms with Crippen LogP contribution in [0.1, 0.15) is 23.2 Å². The van der Waals surface area contributed by atoms with E-state index < -0.39 is 0 Å². The van der Waals surface area contributed by atoms with E-state index in [0.717, 1.165) is 25.2 Å². The van der Waals surface area contributed by atoms with Gasteiger partial charge in [-0.1, -0.05) is 54.1 Å². The quantitative estimate of drug-likeness (QED) is 0.407. The standard InChI is InChI=1S/C24H25Cl2N3O2/c1-2-7-20(25)21(26)17-31-23-11-6-10-22(28-23)18-8-5-9-19(16-18)24(30)27-12-15-29-13-3-4-14-29/h2,5-11,16-17H,1,3-4,12-15H2,(H,27,30). The van der Waals surface area contributed by atoms with Gasteiger partial charge in [0.05, 0.1) is 15.8 Å². The Morgan fingerprint density at radius 3 is 2.71 bits per heavy atom. The number of carbonyl (C=O) groups is 1. The predicted molar refractivity (Wildman–Crippen MR) is 126 cm³/mol. The number of hydrogen-bond acceptors (Lipinski definition) is 4. The van der Waals surface area contributed by atoms with Crippen LogP contribution in [0, 0.1) is 0 Å². The molecule has 0 bridgehead atoms. The van der Waals surface area contributed by atoms with Gasteiger partial charge in [-0.2, -0.15) is 0 Å². The third kappa shape index (κ3) is 6.96. The van der Waals surface area contributed by atoms with Crippen molar-refractivity contribution < 1.29 is 9.53 Å². The molecule has 0 radical (unpaired) electrons. The van der Waals surface area contributed by atoms with Crippen molar-refractivity contribution in [1.82, 2.24) is 15.2 Å². The highest BCUT2D eigenvalue weighted by Gasteiger charge is 2.12. The van der Waals surface area contributed by atoms with Crippen LogP contribution in [0.15, 0.2) is 77.5 Å². The molecule has 1 aliphatic rings. The maximum atomic E-state index is 12.5. The van der Waals surface area contributed by atoms with Crippen molar-refractivity contribution in [3.8, 4) is 17.1 Å². The molecule has 1 amide bonds. The van der Waals surface area contributed by atoms with Gasteiger partial charge in [0.2, 0.25) is 5.88 Å². The smallest absolute Gasteiger partial charge is 0.251 e. The lowest BCUT2D eigenvalue weighted by Gasteiger charge is -2.14. The predicted octanol–water partition coefficient (Wildman–Crippen LogP) is 5.34. The van der Waals surface area contributed by atoms with Crippen molar-refractivity contribution in [2.24, 2.45) is 0 Å². The average molecular weight is 458 g/mol. The fraction of sp³-hybridized carbons (Fsp3) is 0.250. The molecule has 1 aromatic carbocycles. The number of ether oxygens (including phenoxy) is 1. The van der Waals surface area contributed by atoms with Crippen LogP contribution in [0.4, 0.5) is 0 Å². The first kappa shape index (κ1) is 23.1. The van der Waals surface area contributed by atoms with Crippen molar-refractivity contribution in [3.63, 3.8) is 0 Å². The highest BCUT2D eigenvalue weighted by Crippen LogP contribution is 2.23. The zero-order chi connectivity index (χ0) is 22.1. The normalized spacial score (nSPS) is 15.0. The van der Waals surface area contributed by atoms with Gasteiger partial charge in [-0.25, -0.2) is 4.98 Å². The van der Waals surface area contributed by atoms with Crippen molar-refractivity contribution in [2.75, 3.05) is 26.2 Å². The first-order valence-corrected chi connectivity index (χ1v) is 10.9. The van der Waals surface area contributed by atoms with Gasteiger partial charge in [-0.05, 0) is 50.2 Å². The molecule has 0 aliphatic carbocycles. The van der Waals surface area contributed by atoms with Crippen LogP contribution in [-0.4, -0.2) is 42.0 Å². The molecule has 0 saturated carbocycles. The summed E-state index contributed by atoms with van der Waals surface area (Å²) in [5.74, 6) is 0.269. The molecular formula is C24H25Cl2N3O2. The molecule has 1 saturated heterocycles. The van der Waals surface area contributed by atoms with E-state index in [-0.39, 0.29) is 10.9 Å². The summed E-state index contributed by atoms with van der Waals surface area (Å²) < 4.78 is 5.53. The Hall–Kier alpha value is -2.60. The largest absolute Gasteiger partial charge is 0.445 e. The molecule has 0 unspecified atom stereocenters. The first-order chi connectivity index (χ1) is 15.1. The Bertz CT molecular complexity index is 982. The van der Waals surface area contributed by atoms with Gasteiger partial charge < -0.3 is 15.0 Å².